The summed E-state index contributed by atoms with van der Waals surface area (Å²) in [6.45, 7) is 3.95. The molecule has 0 aliphatic rings. The fraction of sp³-hybridized carbons (Fsp3) is 0.312. The third-order valence-corrected chi connectivity index (χ3v) is 4.34. The Morgan fingerprint density at radius 3 is 2.50 bits per heavy atom. The number of carboxylic acid groups (broad SMARTS) is 1. The molecule has 1 N–H and O–H groups in total. The van der Waals surface area contributed by atoms with Crippen molar-refractivity contribution < 1.29 is 14.7 Å². The molecule has 1 aromatic carbocycles. The van der Waals surface area contributed by atoms with E-state index in [-0.39, 0.29) is 24.9 Å². The van der Waals surface area contributed by atoms with E-state index in [0.29, 0.717) is 4.88 Å². The molecule has 0 fully saturated rings. The molecule has 22 heavy (non-hydrogen) atoms. The second kappa shape index (κ2) is 7.17. The molecule has 0 unspecified atom stereocenters. The van der Waals surface area contributed by atoms with Gasteiger partial charge >= 0.3 is 5.97 Å². The zero-order valence-corrected chi connectivity index (χ0v) is 13.3. The van der Waals surface area contributed by atoms with Crippen LogP contribution in [0.1, 0.15) is 40.0 Å². The Hall–Kier alpha value is -2.21. The van der Waals surface area contributed by atoms with E-state index in [9.17, 15) is 9.59 Å². The Kier molecular flexibility index (Phi) is 5.27. The normalized spacial score (nSPS) is 10.7. The quantitative estimate of drug-likeness (QED) is 0.889. The summed E-state index contributed by atoms with van der Waals surface area (Å²) in [5.74, 6) is -1.08. The highest BCUT2D eigenvalue weighted by Gasteiger charge is 2.21. The third kappa shape index (κ3) is 4.14. The van der Waals surface area contributed by atoms with Crippen molar-refractivity contribution in [2.75, 3.05) is 6.54 Å². The lowest BCUT2D eigenvalue weighted by molar-refractivity contribution is -0.137. The SMILES string of the molecule is CC(C)c1ncc(C(=O)N(CC(=O)O)Cc2ccccc2)s1. The van der Waals surface area contributed by atoms with Gasteiger partial charge < -0.3 is 10.0 Å². The van der Waals surface area contributed by atoms with Crippen molar-refractivity contribution in [3.05, 3.63) is 52.0 Å². The first-order valence-corrected chi connectivity index (χ1v) is 7.79. The largest absolute Gasteiger partial charge is 0.480 e. The first-order valence-electron chi connectivity index (χ1n) is 6.98. The highest BCUT2D eigenvalue weighted by atomic mass is 32.1. The molecular weight excluding hydrogens is 300 g/mol. The van der Waals surface area contributed by atoms with Crippen LogP contribution in [0.2, 0.25) is 0 Å². The number of hydrogen-bond acceptors (Lipinski definition) is 4. The predicted octanol–water partition coefficient (Wildman–Crippen LogP) is 2.99. The van der Waals surface area contributed by atoms with Crippen LogP contribution < -0.4 is 0 Å². The highest BCUT2D eigenvalue weighted by Crippen LogP contribution is 2.22. The Bertz CT molecular complexity index is 652. The van der Waals surface area contributed by atoms with Crippen LogP contribution in [0.25, 0.3) is 0 Å². The summed E-state index contributed by atoms with van der Waals surface area (Å²) in [6, 6.07) is 9.35. The molecule has 116 valence electrons. The summed E-state index contributed by atoms with van der Waals surface area (Å²) < 4.78 is 0. The van der Waals surface area contributed by atoms with Crippen molar-refractivity contribution in [3.8, 4) is 0 Å². The number of carbonyl (C=O) groups is 2. The topological polar surface area (TPSA) is 70.5 Å². The summed E-state index contributed by atoms with van der Waals surface area (Å²) in [6.07, 6.45) is 1.53. The predicted molar refractivity (Wildman–Crippen MR) is 85.0 cm³/mol. The molecule has 0 radical (unpaired) electrons. The molecule has 1 amide bonds. The number of nitrogens with zero attached hydrogens (tertiary/aromatic N) is 2. The molecule has 2 rings (SSSR count). The lowest BCUT2D eigenvalue weighted by atomic mass is 10.2. The monoisotopic (exact) mass is 318 g/mol. The number of benzene rings is 1. The molecule has 6 heteroatoms. The molecule has 0 atom stereocenters. The first-order chi connectivity index (χ1) is 10.5. The summed E-state index contributed by atoms with van der Waals surface area (Å²) in [4.78, 5) is 29.6. The maximum absolute atomic E-state index is 12.6. The number of hydrogen-bond donors (Lipinski definition) is 1. The van der Waals surface area contributed by atoms with Crippen LogP contribution in [0.15, 0.2) is 36.5 Å². The van der Waals surface area contributed by atoms with Gasteiger partial charge in [0.1, 0.15) is 11.4 Å². The molecule has 0 saturated carbocycles. The minimum absolute atomic E-state index is 0.244. The fourth-order valence-electron chi connectivity index (χ4n) is 1.98. The van der Waals surface area contributed by atoms with Crippen molar-refractivity contribution in [1.82, 2.24) is 9.88 Å². The van der Waals surface area contributed by atoms with Gasteiger partial charge in [0.15, 0.2) is 0 Å². The Balaban J connectivity index is 2.20. The zero-order chi connectivity index (χ0) is 16.1. The second-order valence-corrected chi connectivity index (χ2v) is 6.32. The van der Waals surface area contributed by atoms with Gasteiger partial charge in [-0.15, -0.1) is 11.3 Å². The van der Waals surface area contributed by atoms with E-state index in [1.54, 1.807) is 0 Å². The Labute approximate surface area is 133 Å². The molecule has 0 aliphatic heterocycles. The first kappa shape index (κ1) is 16.2. The van der Waals surface area contributed by atoms with Gasteiger partial charge in [0.25, 0.3) is 5.91 Å². The Morgan fingerprint density at radius 2 is 1.95 bits per heavy atom. The van der Waals surface area contributed by atoms with Gasteiger partial charge in [0.2, 0.25) is 0 Å². The lowest BCUT2D eigenvalue weighted by Crippen LogP contribution is -2.34. The van der Waals surface area contributed by atoms with Gasteiger partial charge in [-0.05, 0) is 5.56 Å². The smallest absolute Gasteiger partial charge is 0.323 e. The van der Waals surface area contributed by atoms with Crippen LogP contribution in [0.3, 0.4) is 0 Å². The Morgan fingerprint density at radius 1 is 1.27 bits per heavy atom. The van der Waals surface area contributed by atoms with Crippen LogP contribution in [0.5, 0.6) is 0 Å². The number of carboxylic acids is 1. The van der Waals surface area contributed by atoms with Gasteiger partial charge in [-0.3, -0.25) is 9.59 Å². The van der Waals surface area contributed by atoms with Crippen molar-refractivity contribution >= 4 is 23.2 Å². The standard InChI is InChI=1S/C16H18N2O3S/c1-11(2)15-17-8-13(22-15)16(21)18(10-14(19)20)9-12-6-4-3-5-7-12/h3-8,11H,9-10H2,1-2H3,(H,19,20). The van der Waals surface area contributed by atoms with E-state index in [1.807, 2.05) is 44.2 Å². The van der Waals surface area contributed by atoms with Gasteiger partial charge in [-0.25, -0.2) is 4.98 Å². The van der Waals surface area contributed by atoms with Gasteiger partial charge in [0, 0.05) is 12.5 Å². The molecule has 1 aromatic heterocycles. The zero-order valence-electron chi connectivity index (χ0n) is 12.5. The highest BCUT2D eigenvalue weighted by molar-refractivity contribution is 7.13. The number of rotatable bonds is 6. The van der Waals surface area contributed by atoms with Crippen LogP contribution in [0, 0.1) is 0 Å². The summed E-state index contributed by atoms with van der Waals surface area (Å²) in [5, 5.41) is 9.92. The number of aliphatic carboxylic acids is 1. The summed E-state index contributed by atoms with van der Waals surface area (Å²) in [5.41, 5.74) is 0.894. The van der Waals surface area contributed by atoms with Crippen molar-refractivity contribution in [2.45, 2.75) is 26.3 Å². The molecule has 0 spiro atoms. The maximum Gasteiger partial charge on any atom is 0.323 e. The van der Waals surface area contributed by atoms with Crippen molar-refractivity contribution in [3.63, 3.8) is 0 Å². The van der Waals surface area contributed by atoms with Crippen LogP contribution >= 0.6 is 11.3 Å². The molecule has 5 nitrogen and oxygen atoms in total. The number of thiazole rings is 1. The van der Waals surface area contributed by atoms with Crippen molar-refractivity contribution in [2.24, 2.45) is 0 Å². The van der Waals surface area contributed by atoms with E-state index in [0.717, 1.165) is 10.6 Å². The molecule has 0 bridgehead atoms. The molecule has 0 saturated heterocycles. The lowest BCUT2D eigenvalue weighted by Gasteiger charge is -2.19. The van der Waals surface area contributed by atoms with Crippen LogP contribution in [-0.4, -0.2) is 33.4 Å². The van der Waals surface area contributed by atoms with Gasteiger partial charge in [0.05, 0.1) is 11.2 Å². The van der Waals surface area contributed by atoms with Crippen molar-refractivity contribution in [1.29, 1.82) is 0 Å². The minimum atomic E-state index is -1.03. The van der Waals surface area contributed by atoms with E-state index in [1.165, 1.54) is 22.4 Å². The van der Waals surface area contributed by atoms with Gasteiger partial charge in [-0.1, -0.05) is 44.2 Å². The fourth-order valence-corrected chi connectivity index (χ4v) is 2.86. The number of aromatic nitrogens is 1. The third-order valence-electron chi connectivity index (χ3n) is 3.06. The van der Waals surface area contributed by atoms with Crippen LogP contribution in [0.4, 0.5) is 0 Å². The van der Waals surface area contributed by atoms with Gasteiger partial charge in [-0.2, -0.15) is 0 Å². The number of amides is 1. The average Bonchev–Trinajstić information content (AvgIpc) is 2.96. The minimum Gasteiger partial charge on any atom is -0.480 e. The van der Waals surface area contributed by atoms with Crippen LogP contribution in [-0.2, 0) is 11.3 Å². The molecule has 0 aliphatic carbocycles. The number of carbonyl (C=O) groups excluding carboxylic acids is 1. The molecule has 1 heterocycles. The van der Waals surface area contributed by atoms with E-state index in [4.69, 9.17) is 5.11 Å². The summed E-state index contributed by atoms with van der Waals surface area (Å²) in [7, 11) is 0. The average molecular weight is 318 g/mol. The maximum atomic E-state index is 12.6. The summed E-state index contributed by atoms with van der Waals surface area (Å²) >= 11 is 1.32. The van der Waals surface area contributed by atoms with E-state index >= 15 is 0 Å². The van der Waals surface area contributed by atoms with E-state index < -0.39 is 5.97 Å². The molecular formula is C16H18N2O3S. The van der Waals surface area contributed by atoms with E-state index in [2.05, 4.69) is 4.98 Å². The second-order valence-electron chi connectivity index (χ2n) is 5.26. The molecule has 2 aromatic rings.